The number of halogens is 1. The van der Waals surface area contributed by atoms with Crippen molar-refractivity contribution in [3.8, 4) is 0 Å². The van der Waals surface area contributed by atoms with Crippen molar-refractivity contribution in [2.24, 2.45) is 5.92 Å². The third-order valence-corrected chi connectivity index (χ3v) is 4.51. The molecule has 3 nitrogen and oxygen atoms in total. The topological polar surface area (TPSA) is 35.5 Å². The smallest absolute Gasteiger partial charge is 0.0637 e. The van der Waals surface area contributed by atoms with Crippen LogP contribution in [0.4, 0.5) is 5.69 Å². The molecule has 2 rings (SSSR count). The van der Waals surface area contributed by atoms with Crippen molar-refractivity contribution in [1.82, 2.24) is 5.32 Å². The van der Waals surface area contributed by atoms with E-state index in [1.165, 1.54) is 0 Å². The first-order valence-electron chi connectivity index (χ1n) is 7.42. The maximum absolute atomic E-state index is 9.66. The summed E-state index contributed by atoms with van der Waals surface area (Å²) in [4.78, 5) is 2.31. The standard InChI is InChI=1S/C16H25ClN2O/c1-11(2)18-9-13-14(17)5-4-6-15(13)19-8-7-12(3)16(19)10-20/h4-6,11-12,16,18,20H,7-10H2,1-3H3. The summed E-state index contributed by atoms with van der Waals surface area (Å²) in [5.41, 5.74) is 2.30. The van der Waals surface area contributed by atoms with Crippen LogP contribution in [0.3, 0.4) is 0 Å². The molecule has 0 radical (unpaired) electrons. The third kappa shape index (κ3) is 3.27. The van der Waals surface area contributed by atoms with Gasteiger partial charge in [0.1, 0.15) is 0 Å². The first-order chi connectivity index (χ1) is 9.54. The van der Waals surface area contributed by atoms with E-state index in [1.807, 2.05) is 12.1 Å². The minimum Gasteiger partial charge on any atom is -0.394 e. The van der Waals surface area contributed by atoms with Crippen molar-refractivity contribution < 1.29 is 5.11 Å². The fourth-order valence-electron chi connectivity index (χ4n) is 2.88. The van der Waals surface area contributed by atoms with E-state index >= 15 is 0 Å². The lowest BCUT2D eigenvalue weighted by Crippen LogP contribution is -2.36. The largest absolute Gasteiger partial charge is 0.394 e. The van der Waals surface area contributed by atoms with Crippen LogP contribution in [0.15, 0.2) is 18.2 Å². The molecule has 1 saturated heterocycles. The highest BCUT2D eigenvalue weighted by Gasteiger charge is 2.32. The molecule has 1 aliphatic heterocycles. The van der Waals surface area contributed by atoms with E-state index in [0.717, 1.165) is 35.8 Å². The first kappa shape index (κ1) is 15.6. The average molecular weight is 297 g/mol. The Morgan fingerprint density at radius 3 is 2.85 bits per heavy atom. The van der Waals surface area contributed by atoms with Gasteiger partial charge in [0.2, 0.25) is 0 Å². The van der Waals surface area contributed by atoms with Crippen molar-refractivity contribution >= 4 is 17.3 Å². The van der Waals surface area contributed by atoms with Gasteiger partial charge in [0.15, 0.2) is 0 Å². The highest BCUT2D eigenvalue weighted by molar-refractivity contribution is 6.31. The molecule has 0 bridgehead atoms. The van der Waals surface area contributed by atoms with Crippen LogP contribution < -0.4 is 10.2 Å². The molecule has 0 aliphatic carbocycles. The second kappa shape index (κ2) is 6.79. The number of aliphatic hydroxyl groups excluding tert-OH is 1. The van der Waals surface area contributed by atoms with Gasteiger partial charge in [-0.2, -0.15) is 0 Å². The number of aliphatic hydroxyl groups is 1. The molecule has 2 N–H and O–H groups in total. The number of rotatable bonds is 5. The zero-order chi connectivity index (χ0) is 14.7. The van der Waals surface area contributed by atoms with Crippen molar-refractivity contribution in [2.45, 2.75) is 45.8 Å². The van der Waals surface area contributed by atoms with Crippen LogP contribution in [0.25, 0.3) is 0 Å². The molecule has 1 aliphatic rings. The van der Waals surface area contributed by atoms with Crippen molar-refractivity contribution in [1.29, 1.82) is 0 Å². The molecule has 112 valence electrons. The first-order valence-corrected chi connectivity index (χ1v) is 7.80. The molecular formula is C16H25ClN2O. The Bertz CT molecular complexity index is 450. The van der Waals surface area contributed by atoms with Gasteiger partial charge in [-0.3, -0.25) is 0 Å². The van der Waals surface area contributed by atoms with E-state index in [1.54, 1.807) is 0 Å². The van der Waals surface area contributed by atoms with E-state index in [0.29, 0.717) is 12.0 Å². The van der Waals surface area contributed by atoms with E-state index in [9.17, 15) is 5.11 Å². The molecule has 0 amide bonds. The number of nitrogens with one attached hydrogen (secondary N) is 1. The summed E-state index contributed by atoms with van der Waals surface area (Å²) in [7, 11) is 0. The van der Waals surface area contributed by atoms with Gasteiger partial charge in [0.05, 0.1) is 12.6 Å². The minimum absolute atomic E-state index is 0.199. The SMILES string of the molecule is CC(C)NCc1c(Cl)cccc1N1CCC(C)C1CO. The van der Waals surface area contributed by atoms with Crippen molar-refractivity contribution in [2.75, 3.05) is 18.1 Å². The summed E-state index contributed by atoms with van der Waals surface area (Å²) in [5, 5.41) is 13.9. The molecule has 0 spiro atoms. The van der Waals surface area contributed by atoms with Gasteiger partial charge in [-0.15, -0.1) is 0 Å². The van der Waals surface area contributed by atoms with E-state index in [-0.39, 0.29) is 12.6 Å². The highest BCUT2D eigenvalue weighted by Crippen LogP contribution is 2.34. The Balaban J connectivity index is 2.28. The monoisotopic (exact) mass is 296 g/mol. The number of anilines is 1. The van der Waals surface area contributed by atoms with Gasteiger partial charge >= 0.3 is 0 Å². The summed E-state index contributed by atoms with van der Waals surface area (Å²) < 4.78 is 0. The average Bonchev–Trinajstić information content (AvgIpc) is 2.77. The van der Waals surface area contributed by atoms with Gasteiger partial charge in [0.25, 0.3) is 0 Å². The summed E-state index contributed by atoms with van der Waals surface area (Å²) in [6, 6.07) is 6.67. The molecule has 1 fully saturated rings. The van der Waals surface area contributed by atoms with E-state index in [2.05, 4.69) is 37.1 Å². The molecule has 20 heavy (non-hydrogen) atoms. The molecule has 0 aromatic heterocycles. The Hall–Kier alpha value is -0.770. The van der Waals surface area contributed by atoms with Crippen molar-refractivity contribution in [3.63, 3.8) is 0 Å². The number of hydrogen-bond donors (Lipinski definition) is 2. The lowest BCUT2D eigenvalue weighted by molar-refractivity contribution is 0.244. The fraction of sp³-hybridized carbons (Fsp3) is 0.625. The van der Waals surface area contributed by atoms with Gasteiger partial charge in [-0.1, -0.05) is 38.4 Å². The Kier molecular flexibility index (Phi) is 5.30. The van der Waals surface area contributed by atoms with E-state index < -0.39 is 0 Å². The van der Waals surface area contributed by atoms with Crippen LogP contribution in [0.5, 0.6) is 0 Å². The Labute approximate surface area is 126 Å². The number of nitrogens with zero attached hydrogens (tertiary/aromatic N) is 1. The maximum Gasteiger partial charge on any atom is 0.0637 e. The van der Waals surface area contributed by atoms with Gasteiger partial charge in [-0.25, -0.2) is 0 Å². The summed E-state index contributed by atoms with van der Waals surface area (Å²) >= 11 is 6.39. The summed E-state index contributed by atoms with van der Waals surface area (Å²) in [5.74, 6) is 0.518. The van der Waals surface area contributed by atoms with Crippen LogP contribution in [-0.4, -0.2) is 30.3 Å². The quantitative estimate of drug-likeness (QED) is 0.877. The number of benzene rings is 1. The molecule has 2 unspecified atom stereocenters. The highest BCUT2D eigenvalue weighted by atomic mass is 35.5. The third-order valence-electron chi connectivity index (χ3n) is 4.16. The van der Waals surface area contributed by atoms with Crippen LogP contribution in [-0.2, 0) is 6.54 Å². The normalized spacial score (nSPS) is 22.8. The lowest BCUT2D eigenvalue weighted by Gasteiger charge is -2.30. The molecular weight excluding hydrogens is 272 g/mol. The van der Waals surface area contributed by atoms with E-state index in [4.69, 9.17) is 11.6 Å². The van der Waals surface area contributed by atoms with Crippen LogP contribution in [0.1, 0.15) is 32.8 Å². The van der Waals surface area contributed by atoms with Crippen LogP contribution >= 0.6 is 11.6 Å². The minimum atomic E-state index is 0.199. The van der Waals surface area contributed by atoms with Crippen LogP contribution in [0, 0.1) is 5.92 Å². The van der Waals surface area contributed by atoms with Gasteiger partial charge in [-0.05, 0) is 24.5 Å². The van der Waals surface area contributed by atoms with Crippen LogP contribution in [0.2, 0.25) is 5.02 Å². The molecule has 4 heteroatoms. The second-order valence-electron chi connectivity index (χ2n) is 5.98. The summed E-state index contributed by atoms with van der Waals surface area (Å²) in [6.07, 6.45) is 1.12. The molecule has 0 saturated carbocycles. The predicted molar refractivity (Wildman–Crippen MR) is 85.4 cm³/mol. The Morgan fingerprint density at radius 2 is 2.20 bits per heavy atom. The van der Waals surface area contributed by atoms with Crippen molar-refractivity contribution in [3.05, 3.63) is 28.8 Å². The second-order valence-corrected chi connectivity index (χ2v) is 6.39. The molecule has 1 aromatic carbocycles. The summed E-state index contributed by atoms with van der Waals surface area (Å²) in [6.45, 7) is 8.41. The molecule has 1 aromatic rings. The maximum atomic E-state index is 9.66. The molecule has 1 heterocycles. The zero-order valence-electron chi connectivity index (χ0n) is 12.6. The molecule has 2 atom stereocenters. The Morgan fingerprint density at radius 1 is 1.45 bits per heavy atom. The van der Waals surface area contributed by atoms with Gasteiger partial charge < -0.3 is 15.3 Å². The predicted octanol–water partition coefficient (Wildman–Crippen LogP) is 3.05. The number of hydrogen-bond acceptors (Lipinski definition) is 3. The van der Waals surface area contributed by atoms with Gasteiger partial charge in [0, 0.05) is 35.4 Å². The zero-order valence-corrected chi connectivity index (χ0v) is 13.3. The lowest BCUT2D eigenvalue weighted by atomic mass is 10.0. The fourth-order valence-corrected chi connectivity index (χ4v) is 3.12.